The van der Waals surface area contributed by atoms with Crippen molar-refractivity contribution in [1.29, 1.82) is 0 Å². The molecule has 3 heteroatoms. The minimum absolute atomic E-state index is 0.116. The number of hydrogen-bond acceptors (Lipinski definition) is 2. The Bertz CT molecular complexity index is 639. The Morgan fingerprint density at radius 1 is 1.30 bits per heavy atom. The number of nitrogens with one attached hydrogen (secondary N) is 1. The maximum absolute atomic E-state index is 13.0. The summed E-state index contributed by atoms with van der Waals surface area (Å²) in [5, 5.41) is 3.44. The molecule has 1 amide bonds. The predicted molar refractivity (Wildman–Crippen MR) is 94.4 cm³/mol. The Morgan fingerprint density at radius 3 is 2.78 bits per heavy atom. The second-order valence-corrected chi connectivity index (χ2v) is 6.57. The van der Waals surface area contributed by atoms with Crippen LogP contribution in [0.2, 0.25) is 0 Å². The number of hydrogen-bond donors (Lipinski definition) is 1. The predicted octanol–water partition coefficient (Wildman–Crippen LogP) is 3.63. The molecule has 1 N–H and O–H groups in total. The molecule has 0 saturated carbocycles. The van der Waals surface area contributed by atoms with Gasteiger partial charge in [-0.25, -0.2) is 0 Å². The monoisotopic (exact) mass is 310 g/mol. The van der Waals surface area contributed by atoms with Crippen molar-refractivity contribution in [2.24, 2.45) is 0 Å². The first-order chi connectivity index (χ1) is 11.2. The molecule has 122 valence electrons. The molecule has 3 nitrogen and oxygen atoms in total. The molecule has 1 spiro atoms. The Hall–Kier alpha value is -1.87. The van der Waals surface area contributed by atoms with Crippen LogP contribution in [0.15, 0.2) is 48.1 Å². The average Bonchev–Trinajstić information content (AvgIpc) is 2.79. The zero-order chi connectivity index (χ0) is 16.3. The second-order valence-electron chi connectivity index (χ2n) is 6.57. The standard InChI is InChI=1S/C20H26N2O/c1-3-4-5-8-16(2)15-22-19(23)17-9-6-7-10-18(17)20(22)11-13-21-14-12-20/h3-4,6-10,21H,5,11-15H2,1-2H3/b4-3-,16-8+. The minimum atomic E-state index is -0.116. The fraction of sp³-hybridized carbons (Fsp3) is 0.450. The van der Waals surface area contributed by atoms with Crippen molar-refractivity contribution >= 4 is 5.91 Å². The molecule has 0 atom stereocenters. The van der Waals surface area contributed by atoms with Gasteiger partial charge in [0, 0.05) is 12.1 Å². The number of fused-ring (bicyclic) bond motifs is 2. The molecule has 0 bridgehead atoms. The third kappa shape index (κ3) is 2.86. The van der Waals surface area contributed by atoms with E-state index >= 15 is 0 Å². The highest BCUT2D eigenvalue weighted by molar-refractivity contribution is 6.00. The number of rotatable bonds is 4. The molecule has 0 unspecified atom stereocenters. The molecule has 3 rings (SSSR count). The van der Waals surface area contributed by atoms with Crippen LogP contribution in [0.25, 0.3) is 0 Å². The van der Waals surface area contributed by atoms with E-state index in [1.807, 2.05) is 19.1 Å². The number of benzene rings is 1. The molecule has 0 aromatic heterocycles. The van der Waals surface area contributed by atoms with Crippen LogP contribution in [0.5, 0.6) is 0 Å². The van der Waals surface area contributed by atoms with E-state index in [-0.39, 0.29) is 11.4 Å². The van der Waals surface area contributed by atoms with Crippen LogP contribution in [-0.2, 0) is 5.54 Å². The quantitative estimate of drug-likeness (QED) is 0.861. The van der Waals surface area contributed by atoms with Crippen molar-refractivity contribution in [2.45, 2.75) is 38.6 Å². The number of nitrogens with zero attached hydrogens (tertiary/aromatic N) is 1. The fourth-order valence-electron chi connectivity index (χ4n) is 3.88. The summed E-state index contributed by atoms with van der Waals surface area (Å²) in [6.45, 7) is 6.84. The molecule has 1 aromatic carbocycles. The second kappa shape index (κ2) is 6.71. The number of piperidine rings is 1. The van der Waals surface area contributed by atoms with Gasteiger partial charge in [0.25, 0.3) is 5.91 Å². The molecular formula is C20H26N2O. The summed E-state index contributed by atoms with van der Waals surface area (Å²) in [5.41, 5.74) is 3.28. The average molecular weight is 310 g/mol. The van der Waals surface area contributed by atoms with E-state index in [4.69, 9.17) is 0 Å². The van der Waals surface area contributed by atoms with E-state index in [2.05, 4.69) is 47.5 Å². The van der Waals surface area contributed by atoms with Crippen molar-refractivity contribution < 1.29 is 4.79 Å². The normalized spacial score (nSPS) is 20.5. The van der Waals surface area contributed by atoms with Gasteiger partial charge in [-0.2, -0.15) is 0 Å². The lowest BCUT2D eigenvalue weighted by molar-refractivity contribution is 0.0484. The Morgan fingerprint density at radius 2 is 2.04 bits per heavy atom. The molecule has 1 aromatic rings. The van der Waals surface area contributed by atoms with Crippen molar-refractivity contribution in [3.8, 4) is 0 Å². The lowest BCUT2D eigenvalue weighted by atomic mass is 9.81. The van der Waals surface area contributed by atoms with Gasteiger partial charge in [-0.15, -0.1) is 0 Å². The van der Waals surface area contributed by atoms with E-state index in [0.717, 1.165) is 44.5 Å². The topological polar surface area (TPSA) is 32.3 Å². The summed E-state index contributed by atoms with van der Waals surface area (Å²) < 4.78 is 0. The van der Waals surface area contributed by atoms with Crippen LogP contribution < -0.4 is 5.32 Å². The van der Waals surface area contributed by atoms with Gasteiger partial charge in [-0.05, 0) is 57.8 Å². The van der Waals surface area contributed by atoms with Gasteiger partial charge in [-0.1, -0.05) is 42.0 Å². The first kappa shape index (κ1) is 16.0. The molecule has 2 aliphatic heterocycles. The van der Waals surface area contributed by atoms with Crippen LogP contribution >= 0.6 is 0 Å². The maximum atomic E-state index is 13.0. The van der Waals surface area contributed by atoms with Crippen LogP contribution in [0.3, 0.4) is 0 Å². The van der Waals surface area contributed by atoms with E-state index in [0.29, 0.717) is 0 Å². The molecule has 0 aliphatic carbocycles. The highest BCUT2D eigenvalue weighted by atomic mass is 16.2. The van der Waals surface area contributed by atoms with E-state index in [1.54, 1.807) is 0 Å². The molecule has 1 fully saturated rings. The Labute approximate surface area is 139 Å². The summed E-state index contributed by atoms with van der Waals surface area (Å²) in [5.74, 6) is 0.196. The van der Waals surface area contributed by atoms with Gasteiger partial charge in [-0.3, -0.25) is 4.79 Å². The molecule has 23 heavy (non-hydrogen) atoms. The Kier molecular flexibility index (Phi) is 4.67. The minimum Gasteiger partial charge on any atom is -0.325 e. The highest BCUT2D eigenvalue weighted by Crippen LogP contribution is 2.45. The SMILES string of the molecule is C/C=C\C/C=C(\C)CN1C(=O)c2ccccc2C12CCNCC2. The third-order valence-corrected chi connectivity index (χ3v) is 5.10. The maximum Gasteiger partial charge on any atom is 0.255 e. The van der Waals surface area contributed by atoms with Crippen LogP contribution in [-0.4, -0.2) is 30.4 Å². The molecule has 2 aliphatic rings. The summed E-state index contributed by atoms with van der Waals surface area (Å²) >= 11 is 0. The smallest absolute Gasteiger partial charge is 0.255 e. The van der Waals surface area contributed by atoms with Crippen LogP contribution in [0, 0.1) is 0 Å². The van der Waals surface area contributed by atoms with Crippen LogP contribution in [0.4, 0.5) is 0 Å². The summed E-state index contributed by atoms with van der Waals surface area (Å²) in [7, 11) is 0. The van der Waals surface area contributed by atoms with E-state index < -0.39 is 0 Å². The van der Waals surface area contributed by atoms with Gasteiger partial charge in [0.1, 0.15) is 0 Å². The largest absolute Gasteiger partial charge is 0.325 e. The fourth-order valence-corrected chi connectivity index (χ4v) is 3.88. The zero-order valence-electron chi connectivity index (χ0n) is 14.1. The van der Waals surface area contributed by atoms with Crippen LogP contribution in [0.1, 0.15) is 49.0 Å². The summed E-state index contributed by atoms with van der Waals surface area (Å²) in [6.07, 6.45) is 9.37. The number of amides is 1. The van der Waals surface area contributed by atoms with Gasteiger partial charge >= 0.3 is 0 Å². The lowest BCUT2D eigenvalue weighted by Crippen LogP contribution is -2.50. The lowest BCUT2D eigenvalue weighted by Gasteiger charge is -2.42. The van der Waals surface area contributed by atoms with E-state index in [1.165, 1.54) is 11.1 Å². The molecular weight excluding hydrogens is 284 g/mol. The number of carbonyl (C=O) groups excluding carboxylic acids is 1. The number of allylic oxidation sites excluding steroid dienone is 3. The summed E-state index contributed by atoms with van der Waals surface area (Å²) in [6, 6.07) is 8.18. The van der Waals surface area contributed by atoms with Crippen molar-refractivity contribution in [3.63, 3.8) is 0 Å². The Balaban J connectivity index is 1.92. The highest BCUT2D eigenvalue weighted by Gasteiger charge is 2.49. The first-order valence-corrected chi connectivity index (χ1v) is 8.58. The van der Waals surface area contributed by atoms with Gasteiger partial charge in [0.15, 0.2) is 0 Å². The van der Waals surface area contributed by atoms with E-state index in [9.17, 15) is 4.79 Å². The number of carbonyl (C=O) groups is 1. The van der Waals surface area contributed by atoms with Gasteiger partial charge in [0.2, 0.25) is 0 Å². The van der Waals surface area contributed by atoms with Gasteiger partial charge < -0.3 is 10.2 Å². The third-order valence-electron chi connectivity index (χ3n) is 5.10. The first-order valence-electron chi connectivity index (χ1n) is 8.58. The molecule has 2 heterocycles. The molecule has 0 radical (unpaired) electrons. The van der Waals surface area contributed by atoms with Crippen molar-refractivity contribution in [3.05, 3.63) is 59.2 Å². The van der Waals surface area contributed by atoms with Crippen molar-refractivity contribution in [1.82, 2.24) is 10.2 Å². The summed E-state index contributed by atoms with van der Waals surface area (Å²) in [4.78, 5) is 15.1. The molecule has 1 saturated heterocycles. The van der Waals surface area contributed by atoms with Gasteiger partial charge in [0.05, 0.1) is 5.54 Å². The van der Waals surface area contributed by atoms with Crippen molar-refractivity contribution in [2.75, 3.05) is 19.6 Å². The zero-order valence-corrected chi connectivity index (χ0v) is 14.1.